The third-order valence-electron chi connectivity index (χ3n) is 4.11. The van der Waals surface area contributed by atoms with Crippen LogP contribution in [0.2, 0.25) is 0 Å². The van der Waals surface area contributed by atoms with Crippen LogP contribution in [0.5, 0.6) is 0 Å². The number of rotatable bonds is 5. The summed E-state index contributed by atoms with van der Waals surface area (Å²) in [5.74, 6) is -1.83. The number of aliphatic hydroxyl groups excluding tert-OH is 1. The summed E-state index contributed by atoms with van der Waals surface area (Å²) >= 11 is 2.97. The minimum atomic E-state index is -1.06. The van der Waals surface area contributed by atoms with E-state index in [9.17, 15) is 19.8 Å². The van der Waals surface area contributed by atoms with Gasteiger partial charge in [-0.15, -0.1) is 11.8 Å². The van der Waals surface area contributed by atoms with E-state index in [1.165, 1.54) is 16.7 Å². The number of amides is 1. The quantitative estimate of drug-likeness (QED) is 0.714. The second-order valence-corrected chi connectivity index (χ2v) is 8.21. The van der Waals surface area contributed by atoms with Crippen LogP contribution in [-0.2, 0) is 9.59 Å². The van der Waals surface area contributed by atoms with E-state index in [-0.39, 0.29) is 17.0 Å². The lowest BCUT2D eigenvalue weighted by molar-refractivity contribution is -0.156. The number of fused-ring (bicyclic) bond motifs is 1. The van der Waals surface area contributed by atoms with Crippen molar-refractivity contribution in [2.45, 2.75) is 30.6 Å². The molecule has 6 nitrogen and oxygen atoms in total. The van der Waals surface area contributed by atoms with Crippen LogP contribution in [0.25, 0.3) is 0 Å². The molecule has 0 spiro atoms. The number of carbonyl (C=O) groups is 2. The van der Waals surface area contributed by atoms with Crippen molar-refractivity contribution in [3.8, 4) is 0 Å². The van der Waals surface area contributed by atoms with Crippen molar-refractivity contribution < 1.29 is 19.8 Å². The SMILES string of the molecule is CCN1CC(SC2=C(C(=O)O)N3C(=O)[C@H]([C@@H](C)O)[C@H]3S2)C1. The number of aliphatic hydroxyl groups is 1. The highest BCUT2D eigenvalue weighted by Gasteiger charge is 2.58. The van der Waals surface area contributed by atoms with Gasteiger partial charge in [-0.3, -0.25) is 9.69 Å². The Balaban J connectivity index is 1.74. The van der Waals surface area contributed by atoms with E-state index in [1.807, 2.05) is 0 Å². The van der Waals surface area contributed by atoms with Gasteiger partial charge >= 0.3 is 5.97 Å². The summed E-state index contributed by atoms with van der Waals surface area (Å²) < 4.78 is 0.713. The molecule has 2 saturated heterocycles. The number of hydrogen-bond acceptors (Lipinski definition) is 6. The normalized spacial score (nSPS) is 31.0. The van der Waals surface area contributed by atoms with Crippen molar-refractivity contribution in [2.75, 3.05) is 19.6 Å². The second-order valence-electron chi connectivity index (χ2n) is 5.52. The van der Waals surface area contributed by atoms with Crippen molar-refractivity contribution in [3.63, 3.8) is 0 Å². The lowest BCUT2D eigenvalue weighted by Gasteiger charge is -2.43. The fourth-order valence-electron chi connectivity index (χ4n) is 2.84. The number of likely N-dealkylation sites (tertiary alicyclic amines) is 1. The molecule has 1 amide bonds. The Kier molecular flexibility index (Phi) is 3.98. The maximum Gasteiger partial charge on any atom is 0.354 e. The Morgan fingerprint density at radius 1 is 1.52 bits per heavy atom. The van der Waals surface area contributed by atoms with E-state index in [0.29, 0.717) is 9.49 Å². The monoisotopic (exact) mass is 330 g/mol. The van der Waals surface area contributed by atoms with Crippen LogP contribution >= 0.6 is 23.5 Å². The number of hydrogen-bond donors (Lipinski definition) is 2. The van der Waals surface area contributed by atoms with Gasteiger partial charge in [0.25, 0.3) is 0 Å². The van der Waals surface area contributed by atoms with Gasteiger partial charge in [-0.1, -0.05) is 18.7 Å². The zero-order valence-corrected chi connectivity index (χ0v) is 13.5. The van der Waals surface area contributed by atoms with Gasteiger partial charge in [0.1, 0.15) is 5.37 Å². The highest BCUT2D eigenvalue weighted by molar-refractivity contribution is 8.23. The summed E-state index contributed by atoms with van der Waals surface area (Å²) in [6, 6.07) is 0. The third kappa shape index (κ3) is 2.38. The average molecular weight is 330 g/mol. The molecule has 3 aliphatic rings. The van der Waals surface area contributed by atoms with Crippen molar-refractivity contribution in [1.29, 1.82) is 0 Å². The molecule has 3 atom stereocenters. The molecule has 0 radical (unpaired) electrons. The van der Waals surface area contributed by atoms with Crippen LogP contribution in [0.1, 0.15) is 13.8 Å². The van der Waals surface area contributed by atoms with E-state index in [1.54, 1.807) is 18.7 Å². The van der Waals surface area contributed by atoms with Crippen LogP contribution in [-0.4, -0.2) is 68.3 Å². The number of β-lactam (4-membered cyclic amide) rings is 1. The molecule has 21 heavy (non-hydrogen) atoms. The minimum absolute atomic E-state index is 0.104. The maximum absolute atomic E-state index is 12.1. The van der Waals surface area contributed by atoms with Crippen LogP contribution in [0.15, 0.2) is 9.93 Å². The van der Waals surface area contributed by atoms with Gasteiger partial charge in [0.2, 0.25) is 5.91 Å². The standard InChI is InChI=1S/C13H18N2O4S2/c1-3-14-4-7(5-14)20-13-9(12(18)19)15-10(17)8(6(2)16)11(15)21-13/h6-8,11,16H,3-5H2,1-2H3,(H,18,19)/t6-,8+,11-/m1/s1. The predicted molar refractivity (Wildman–Crippen MR) is 81.6 cm³/mol. The Morgan fingerprint density at radius 2 is 2.19 bits per heavy atom. The Bertz CT molecular complexity index is 516. The van der Waals surface area contributed by atoms with Gasteiger partial charge in [-0.05, 0) is 13.5 Å². The highest BCUT2D eigenvalue weighted by atomic mass is 32.2. The molecule has 3 aliphatic heterocycles. The maximum atomic E-state index is 12.1. The zero-order valence-electron chi connectivity index (χ0n) is 11.9. The van der Waals surface area contributed by atoms with Crippen LogP contribution in [0.3, 0.4) is 0 Å². The molecule has 0 unspecified atom stereocenters. The van der Waals surface area contributed by atoms with E-state index in [2.05, 4.69) is 11.8 Å². The number of carboxylic acid groups (broad SMARTS) is 1. The van der Waals surface area contributed by atoms with Gasteiger partial charge in [0.05, 0.1) is 16.3 Å². The van der Waals surface area contributed by atoms with Crippen molar-refractivity contribution in [1.82, 2.24) is 9.80 Å². The summed E-state index contributed by atoms with van der Waals surface area (Å²) in [6.45, 7) is 6.60. The number of carboxylic acids is 1. The fraction of sp³-hybridized carbons (Fsp3) is 0.692. The van der Waals surface area contributed by atoms with Crippen molar-refractivity contribution in [3.05, 3.63) is 9.93 Å². The van der Waals surface area contributed by atoms with Gasteiger partial charge < -0.3 is 15.1 Å². The van der Waals surface area contributed by atoms with Gasteiger partial charge in [-0.25, -0.2) is 4.79 Å². The lowest BCUT2D eigenvalue weighted by Crippen LogP contribution is -2.60. The lowest BCUT2D eigenvalue weighted by atomic mass is 9.92. The first-order chi connectivity index (χ1) is 9.93. The molecule has 0 aromatic heterocycles. The molecule has 0 aliphatic carbocycles. The summed E-state index contributed by atoms with van der Waals surface area (Å²) in [5, 5.41) is 19.2. The molecule has 0 aromatic carbocycles. The third-order valence-corrected chi connectivity index (χ3v) is 6.88. The molecule has 0 aromatic rings. The summed E-state index contributed by atoms with van der Waals surface area (Å²) in [5.41, 5.74) is 0.104. The van der Waals surface area contributed by atoms with Gasteiger partial charge in [-0.2, -0.15) is 0 Å². The summed E-state index contributed by atoms with van der Waals surface area (Å²) in [6.07, 6.45) is -0.745. The van der Waals surface area contributed by atoms with Crippen molar-refractivity contribution >= 4 is 35.4 Å². The van der Waals surface area contributed by atoms with E-state index >= 15 is 0 Å². The fourth-order valence-corrected chi connectivity index (χ4v) is 6.26. The summed E-state index contributed by atoms with van der Waals surface area (Å²) in [4.78, 5) is 27.2. The molecule has 8 heteroatoms. The summed E-state index contributed by atoms with van der Waals surface area (Å²) in [7, 11) is 0. The number of thioether (sulfide) groups is 2. The zero-order chi connectivity index (χ0) is 15.3. The van der Waals surface area contributed by atoms with E-state index in [0.717, 1.165) is 19.6 Å². The first-order valence-electron chi connectivity index (χ1n) is 6.98. The number of nitrogens with zero attached hydrogens (tertiary/aromatic N) is 2. The topological polar surface area (TPSA) is 81.1 Å². The largest absolute Gasteiger partial charge is 0.477 e. The second kappa shape index (κ2) is 5.49. The predicted octanol–water partition coefficient (Wildman–Crippen LogP) is 0.589. The van der Waals surface area contributed by atoms with Crippen molar-refractivity contribution in [2.24, 2.45) is 5.92 Å². The molecule has 116 valence electrons. The molecule has 0 bridgehead atoms. The average Bonchev–Trinajstić information content (AvgIpc) is 2.67. The minimum Gasteiger partial charge on any atom is -0.477 e. The van der Waals surface area contributed by atoms with Crippen LogP contribution < -0.4 is 0 Å². The highest BCUT2D eigenvalue weighted by Crippen LogP contribution is 2.54. The number of carbonyl (C=O) groups excluding carboxylic acids is 1. The molecule has 3 rings (SSSR count). The number of aliphatic carboxylic acids is 1. The van der Waals surface area contributed by atoms with Crippen LogP contribution in [0, 0.1) is 5.92 Å². The van der Waals surface area contributed by atoms with E-state index < -0.39 is 18.0 Å². The Morgan fingerprint density at radius 3 is 2.71 bits per heavy atom. The first-order valence-corrected chi connectivity index (χ1v) is 8.74. The smallest absolute Gasteiger partial charge is 0.354 e. The van der Waals surface area contributed by atoms with Crippen LogP contribution in [0.4, 0.5) is 0 Å². The molecule has 3 heterocycles. The first kappa shape index (κ1) is 15.2. The molecule has 0 saturated carbocycles. The molecular formula is C13H18N2O4S2. The Hall–Kier alpha value is -0.700. The molecular weight excluding hydrogens is 312 g/mol. The van der Waals surface area contributed by atoms with E-state index in [4.69, 9.17) is 0 Å². The van der Waals surface area contributed by atoms with Gasteiger partial charge in [0, 0.05) is 18.3 Å². The van der Waals surface area contributed by atoms with Gasteiger partial charge in [0.15, 0.2) is 5.70 Å². The molecule has 2 N–H and O–H groups in total. The Labute approximate surface area is 131 Å². The molecule has 2 fully saturated rings.